The van der Waals surface area contributed by atoms with Crippen molar-refractivity contribution in [1.29, 1.82) is 0 Å². The van der Waals surface area contributed by atoms with Gasteiger partial charge in [0.05, 0.1) is 6.04 Å². The smallest absolute Gasteiger partial charge is 0.0704 e. The largest absolute Gasteiger partial charge is 0.374 e. The molecule has 1 aliphatic rings. The summed E-state index contributed by atoms with van der Waals surface area (Å²) in [5.41, 5.74) is 7.86. The summed E-state index contributed by atoms with van der Waals surface area (Å²) < 4.78 is 0. The molecule has 2 aromatic carbocycles. The van der Waals surface area contributed by atoms with Gasteiger partial charge in [0.15, 0.2) is 0 Å². The van der Waals surface area contributed by atoms with E-state index in [-0.39, 0.29) is 6.04 Å². The van der Waals surface area contributed by atoms with E-state index in [0.717, 1.165) is 0 Å². The molecule has 1 atom stereocenters. The Kier molecular flexibility index (Phi) is 2.90. The summed E-state index contributed by atoms with van der Waals surface area (Å²) in [6.07, 6.45) is 4.47. The summed E-state index contributed by atoms with van der Waals surface area (Å²) in [7, 11) is 0. The van der Waals surface area contributed by atoms with Crippen LogP contribution in [0.1, 0.15) is 33.9 Å². The number of hydrogen-bond donors (Lipinski definition) is 1. The van der Waals surface area contributed by atoms with Crippen LogP contribution in [0.4, 0.5) is 5.69 Å². The number of nitrogens with one attached hydrogen (secondary N) is 1. The second kappa shape index (κ2) is 4.58. The quantitative estimate of drug-likeness (QED) is 0.766. The molecule has 0 saturated heterocycles. The molecule has 96 valence electrons. The Labute approximate surface area is 115 Å². The van der Waals surface area contributed by atoms with Gasteiger partial charge in [-0.2, -0.15) is 0 Å². The average molecular weight is 249 g/mol. The first-order valence-electron chi connectivity index (χ1n) is 6.76. The highest BCUT2D eigenvalue weighted by Gasteiger charge is 2.16. The van der Waals surface area contributed by atoms with Crippen LogP contribution >= 0.6 is 0 Å². The first-order chi connectivity index (χ1) is 9.15. The van der Waals surface area contributed by atoms with Gasteiger partial charge < -0.3 is 5.32 Å². The third-order valence-corrected chi connectivity index (χ3v) is 3.83. The zero-order chi connectivity index (χ0) is 13.4. The lowest BCUT2D eigenvalue weighted by molar-refractivity contribution is 0.958. The summed E-state index contributed by atoms with van der Waals surface area (Å²) in [6.45, 7) is 6.48. The minimum absolute atomic E-state index is 0.272. The van der Waals surface area contributed by atoms with Crippen LogP contribution in [0.15, 0.2) is 42.5 Å². The molecule has 0 bridgehead atoms. The number of fused-ring (bicyclic) bond motifs is 1. The van der Waals surface area contributed by atoms with Gasteiger partial charge in [0.1, 0.15) is 0 Å². The maximum absolute atomic E-state index is 3.66. The molecule has 19 heavy (non-hydrogen) atoms. The summed E-state index contributed by atoms with van der Waals surface area (Å²) in [4.78, 5) is 0. The van der Waals surface area contributed by atoms with Gasteiger partial charge in [0.25, 0.3) is 0 Å². The number of anilines is 1. The predicted octanol–water partition coefficient (Wildman–Crippen LogP) is 4.79. The third kappa shape index (κ3) is 2.17. The van der Waals surface area contributed by atoms with Crippen LogP contribution in [0.2, 0.25) is 0 Å². The van der Waals surface area contributed by atoms with E-state index in [0.29, 0.717) is 0 Å². The zero-order valence-electron chi connectivity index (χ0n) is 11.7. The number of aryl methyl sites for hydroxylation is 3. The Morgan fingerprint density at radius 2 is 1.79 bits per heavy atom. The van der Waals surface area contributed by atoms with E-state index in [4.69, 9.17) is 0 Å². The molecule has 0 aliphatic carbocycles. The molecule has 2 aromatic rings. The molecule has 1 N–H and O–H groups in total. The van der Waals surface area contributed by atoms with Gasteiger partial charge in [-0.1, -0.05) is 54.1 Å². The van der Waals surface area contributed by atoms with Crippen LogP contribution in [0.25, 0.3) is 6.08 Å². The van der Waals surface area contributed by atoms with Gasteiger partial charge in [0.2, 0.25) is 0 Å². The molecule has 1 heterocycles. The lowest BCUT2D eigenvalue weighted by Crippen LogP contribution is -2.14. The average Bonchev–Trinajstić information content (AvgIpc) is 2.39. The first-order valence-corrected chi connectivity index (χ1v) is 6.76. The number of hydrogen-bond acceptors (Lipinski definition) is 1. The topological polar surface area (TPSA) is 12.0 Å². The Morgan fingerprint density at radius 1 is 0.947 bits per heavy atom. The zero-order valence-corrected chi connectivity index (χ0v) is 11.7. The highest BCUT2D eigenvalue weighted by Crippen LogP contribution is 2.33. The fourth-order valence-electron chi connectivity index (χ4n) is 2.79. The van der Waals surface area contributed by atoms with Crippen molar-refractivity contribution in [2.75, 3.05) is 5.32 Å². The molecule has 0 aromatic heterocycles. The fourth-order valence-corrected chi connectivity index (χ4v) is 2.79. The van der Waals surface area contributed by atoms with Crippen molar-refractivity contribution < 1.29 is 0 Å². The summed E-state index contributed by atoms with van der Waals surface area (Å²) in [6, 6.07) is 13.4. The van der Waals surface area contributed by atoms with Crippen LogP contribution in [0.5, 0.6) is 0 Å². The van der Waals surface area contributed by atoms with E-state index < -0.39 is 0 Å². The molecule has 0 amide bonds. The van der Waals surface area contributed by atoms with Gasteiger partial charge in [-0.3, -0.25) is 0 Å². The minimum atomic E-state index is 0.272. The van der Waals surface area contributed by atoms with Crippen molar-refractivity contribution in [2.45, 2.75) is 26.8 Å². The molecule has 1 heteroatoms. The Morgan fingerprint density at radius 3 is 2.58 bits per heavy atom. The van der Waals surface area contributed by atoms with Gasteiger partial charge in [-0.15, -0.1) is 0 Å². The molecule has 0 saturated carbocycles. The molecular formula is C18H19N. The molecule has 1 unspecified atom stereocenters. The Bertz CT molecular complexity index is 653. The Hall–Kier alpha value is -2.02. The summed E-state index contributed by atoms with van der Waals surface area (Å²) in [5.74, 6) is 0. The van der Waals surface area contributed by atoms with E-state index in [1.54, 1.807) is 0 Å². The normalized spacial score (nSPS) is 16.9. The Balaban J connectivity index is 2.00. The van der Waals surface area contributed by atoms with E-state index in [9.17, 15) is 0 Å². The minimum Gasteiger partial charge on any atom is -0.374 e. The van der Waals surface area contributed by atoms with Crippen molar-refractivity contribution in [3.63, 3.8) is 0 Å². The fraction of sp³-hybridized carbons (Fsp3) is 0.222. The lowest BCUT2D eigenvalue weighted by Gasteiger charge is -2.25. The van der Waals surface area contributed by atoms with Crippen molar-refractivity contribution in [3.8, 4) is 0 Å². The third-order valence-electron chi connectivity index (χ3n) is 3.83. The van der Waals surface area contributed by atoms with Gasteiger partial charge in [0, 0.05) is 5.69 Å². The number of rotatable bonds is 1. The predicted molar refractivity (Wildman–Crippen MR) is 82.5 cm³/mol. The van der Waals surface area contributed by atoms with E-state index >= 15 is 0 Å². The van der Waals surface area contributed by atoms with E-state index in [2.05, 4.69) is 74.6 Å². The van der Waals surface area contributed by atoms with Gasteiger partial charge in [-0.05, 0) is 43.0 Å². The van der Waals surface area contributed by atoms with E-state index in [1.165, 1.54) is 33.5 Å². The second-order valence-corrected chi connectivity index (χ2v) is 5.38. The van der Waals surface area contributed by atoms with Crippen LogP contribution in [-0.4, -0.2) is 0 Å². The van der Waals surface area contributed by atoms with Crippen LogP contribution < -0.4 is 5.32 Å². The molecule has 1 nitrogen and oxygen atoms in total. The molecule has 3 rings (SSSR count). The standard InChI is InChI=1S/C18H19N/c1-12-7-9-16(14(3)11-12)17-10-8-15-6-4-5-13(2)18(15)19-17/h4-11,17,19H,1-3H3. The van der Waals surface area contributed by atoms with Crippen molar-refractivity contribution in [1.82, 2.24) is 0 Å². The molecule has 1 aliphatic heterocycles. The van der Waals surface area contributed by atoms with Crippen LogP contribution in [-0.2, 0) is 0 Å². The summed E-state index contributed by atoms with van der Waals surface area (Å²) >= 11 is 0. The van der Waals surface area contributed by atoms with Crippen LogP contribution in [0, 0.1) is 20.8 Å². The molecule has 0 spiro atoms. The lowest BCUT2D eigenvalue weighted by atomic mass is 9.94. The monoisotopic (exact) mass is 249 g/mol. The maximum atomic E-state index is 3.66. The van der Waals surface area contributed by atoms with Crippen molar-refractivity contribution >= 4 is 11.8 Å². The molecule has 0 radical (unpaired) electrons. The van der Waals surface area contributed by atoms with Crippen LogP contribution in [0.3, 0.4) is 0 Å². The number of benzene rings is 2. The number of para-hydroxylation sites is 1. The highest BCUT2D eigenvalue weighted by molar-refractivity contribution is 5.74. The first kappa shape index (κ1) is 12.0. The van der Waals surface area contributed by atoms with Crippen molar-refractivity contribution in [2.24, 2.45) is 0 Å². The van der Waals surface area contributed by atoms with E-state index in [1.807, 2.05) is 0 Å². The van der Waals surface area contributed by atoms with Gasteiger partial charge >= 0.3 is 0 Å². The SMILES string of the molecule is Cc1ccc(C2C=Cc3cccc(C)c3N2)c(C)c1. The maximum Gasteiger partial charge on any atom is 0.0704 e. The van der Waals surface area contributed by atoms with Crippen molar-refractivity contribution in [3.05, 3.63) is 70.3 Å². The summed E-state index contributed by atoms with van der Waals surface area (Å²) in [5, 5.41) is 3.66. The molecular weight excluding hydrogens is 230 g/mol. The molecule has 0 fully saturated rings. The highest BCUT2D eigenvalue weighted by atomic mass is 14.9. The van der Waals surface area contributed by atoms with Gasteiger partial charge in [-0.25, -0.2) is 0 Å². The second-order valence-electron chi connectivity index (χ2n) is 5.38.